The number of thioether (sulfide) groups is 1. The summed E-state index contributed by atoms with van der Waals surface area (Å²) >= 11 is 5.83. The molecule has 4 aromatic rings. The van der Waals surface area contributed by atoms with Crippen LogP contribution in [0.3, 0.4) is 0 Å². The molecule has 0 bridgehead atoms. The Morgan fingerprint density at radius 3 is 2.77 bits per heavy atom. The van der Waals surface area contributed by atoms with Crippen molar-refractivity contribution < 1.29 is 9.18 Å². The van der Waals surface area contributed by atoms with Gasteiger partial charge in [-0.05, 0) is 42.1 Å². The molecule has 3 heterocycles. The van der Waals surface area contributed by atoms with Crippen LogP contribution < -0.4 is 10.6 Å². The Morgan fingerprint density at radius 1 is 1.10 bits per heavy atom. The molecule has 0 unspecified atom stereocenters. The number of aromatic nitrogens is 3. The normalized spacial score (nSPS) is 10.8. The van der Waals surface area contributed by atoms with E-state index in [0.29, 0.717) is 10.8 Å². The van der Waals surface area contributed by atoms with E-state index >= 15 is 0 Å². The van der Waals surface area contributed by atoms with E-state index < -0.39 is 0 Å². The number of halogens is 1. The molecule has 3 aromatic heterocycles. The Bertz CT molecular complexity index is 1090. The maximum atomic E-state index is 13.0. The lowest BCUT2D eigenvalue weighted by Gasteiger charge is -2.00. The van der Waals surface area contributed by atoms with Crippen LogP contribution >= 0.6 is 45.8 Å². The third-order valence-corrected chi connectivity index (χ3v) is 7.56. The number of benzene rings is 1. The molecule has 0 aliphatic heterocycles. The van der Waals surface area contributed by atoms with Crippen LogP contribution in [-0.4, -0.2) is 33.4 Å². The highest BCUT2D eigenvalue weighted by Crippen LogP contribution is 2.27. The molecule has 6 nitrogen and oxygen atoms in total. The molecule has 1 amide bonds. The van der Waals surface area contributed by atoms with E-state index in [9.17, 15) is 9.18 Å². The van der Waals surface area contributed by atoms with Crippen LogP contribution in [0.15, 0.2) is 51.5 Å². The number of anilines is 2. The smallest absolute Gasteiger partial charge is 0.236 e. The fourth-order valence-corrected chi connectivity index (χ4v) is 5.48. The van der Waals surface area contributed by atoms with Gasteiger partial charge in [-0.1, -0.05) is 29.2 Å². The number of thiazole rings is 1. The Morgan fingerprint density at radius 2 is 1.97 bits per heavy atom. The zero-order chi connectivity index (χ0) is 20.8. The van der Waals surface area contributed by atoms with E-state index in [2.05, 4.69) is 37.3 Å². The number of hydrogen-bond acceptors (Lipinski definition) is 9. The SMILES string of the molecule is O=C(CSc1nnc(NCCc2cccs2)s1)Nc1nc(-c2ccc(F)cc2)cs1. The average molecular weight is 478 g/mol. The van der Waals surface area contributed by atoms with Crippen LogP contribution in [-0.2, 0) is 11.2 Å². The topological polar surface area (TPSA) is 79.8 Å². The van der Waals surface area contributed by atoms with Crippen LogP contribution in [0.25, 0.3) is 11.3 Å². The second-order valence-corrected chi connectivity index (χ2v) is 10.1. The molecule has 2 N–H and O–H groups in total. The summed E-state index contributed by atoms with van der Waals surface area (Å²) in [4.78, 5) is 17.9. The predicted molar refractivity (Wildman–Crippen MR) is 123 cm³/mol. The van der Waals surface area contributed by atoms with Gasteiger partial charge in [-0.25, -0.2) is 9.37 Å². The first-order chi connectivity index (χ1) is 14.7. The zero-order valence-electron chi connectivity index (χ0n) is 15.5. The average Bonchev–Trinajstić information content (AvgIpc) is 3.50. The first-order valence-electron chi connectivity index (χ1n) is 8.89. The van der Waals surface area contributed by atoms with Crippen LogP contribution in [0, 0.1) is 5.82 Å². The summed E-state index contributed by atoms with van der Waals surface area (Å²) in [5.41, 5.74) is 1.50. The van der Waals surface area contributed by atoms with Gasteiger partial charge in [0.1, 0.15) is 5.82 Å². The van der Waals surface area contributed by atoms with Gasteiger partial charge < -0.3 is 10.6 Å². The van der Waals surface area contributed by atoms with Gasteiger partial charge in [-0.15, -0.1) is 32.9 Å². The molecule has 0 fully saturated rings. The Labute approximate surface area is 188 Å². The number of carbonyl (C=O) groups is 1. The molecule has 0 aliphatic rings. The predicted octanol–water partition coefficient (Wildman–Crippen LogP) is 5.25. The number of nitrogens with zero attached hydrogens (tertiary/aromatic N) is 3. The zero-order valence-corrected chi connectivity index (χ0v) is 18.8. The van der Waals surface area contributed by atoms with Crippen molar-refractivity contribution in [3.63, 3.8) is 0 Å². The van der Waals surface area contributed by atoms with Crippen molar-refractivity contribution in [3.05, 3.63) is 57.9 Å². The molecule has 154 valence electrons. The van der Waals surface area contributed by atoms with Crippen LogP contribution in [0.2, 0.25) is 0 Å². The fraction of sp³-hybridized carbons (Fsp3) is 0.158. The van der Waals surface area contributed by atoms with E-state index in [0.717, 1.165) is 28.0 Å². The molecule has 0 radical (unpaired) electrons. The van der Waals surface area contributed by atoms with Crippen molar-refractivity contribution in [1.82, 2.24) is 15.2 Å². The maximum absolute atomic E-state index is 13.0. The summed E-state index contributed by atoms with van der Waals surface area (Å²) in [6.45, 7) is 0.792. The Hall–Kier alpha value is -2.34. The van der Waals surface area contributed by atoms with Gasteiger partial charge in [-0.3, -0.25) is 4.79 Å². The number of hydrogen-bond donors (Lipinski definition) is 2. The molecule has 30 heavy (non-hydrogen) atoms. The van der Waals surface area contributed by atoms with Gasteiger partial charge in [-0.2, -0.15) is 0 Å². The summed E-state index contributed by atoms with van der Waals surface area (Å²) < 4.78 is 13.8. The first kappa shape index (κ1) is 20.9. The lowest BCUT2D eigenvalue weighted by Crippen LogP contribution is -2.13. The van der Waals surface area contributed by atoms with E-state index in [1.54, 1.807) is 23.5 Å². The number of nitrogens with one attached hydrogen (secondary N) is 2. The van der Waals surface area contributed by atoms with E-state index in [1.807, 2.05) is 11.4 Å². The third-order valence-electron chi connectivity index (χ3n) is 3.85. The number of thiophene rings is 1. The van der Waals surface area contributed by atoms with Gasteiger partial charge in [0.15, 0.2) is 9.47 Å². The van der Waals surface area contributed by atoms with Crippen molar-refractivity contribution >= 4 is 61.9 Å². The second-order valence-electron chi connectivity index (χ2n) is 6.01. The molecule has 0 spiro atoms. The van der Waals surface area contributed by atoms with Crippen molar-refractivity contribution in [2.45, 2.75) is 10.8 Å². The van der Waals surface area contributed by atoms with Crippen molar-refractivity contribution in [1.29, 1.82) is 0 Å². The molecule has 4 rings (SSSR count). The Balaban J connectivity index is 1.22. The van der Waals surface area contributed by atoms with E-state index in [-0.39, 0.29) is 17.5 Å². The van der Waals surface area contributed by atoms with Crippen molar-refractivity contribution in [3.8, 4) is 11.3 Å². The second kappa shape index (κ2) is 10.1. The van der Waals surface area contributed by atoms with Crippen LogP contribution in [0.1, 0.15) is 4.88 Å². The summed E-state index contributed by atoms with van der Waals surface area (Å²) in [7, 11) is 0. The summed E-state index contributed by atoms with van der Waals surface area (Å²) in [6.07, 6.45) is 0.940. The van der Waals surface area contributed by atoms with E-state index in [1.165, 1.54) is 51.4 Å². The van der Waals surface area contributed by atoms with Gasteiger partial charge >= 0.3 is 0 Å². The number of rotatable bonds is 9. The molecule has 0 aliphatic carbocycles. The lowest BCUT2D eigenvalue weighted by molar-refractivity contribution is -0.113. The first-order valence-corrected chi connectivity index (χ1v) is 12.5. The van der Waals surface area contributed by atoms with Crippen LogP contribution in [0.5, 0.6) is 0 Å². The molecule has 0 atom stereocenters. The minimum atomic E-state index is -0.294. The highest BCUT2D eigenvalue weighted by molar-refractivity contribution is 8.01. The minimum absolute atomic E-state index is 0.164. The van der Waals surface area contributed by atoms with Crippen molar-refractivity contribution in [2.75, 3.05) is 22.9 Å². The molecule has 0 saturated heterocycles. The molecule has 11 heteroatoms. The van der Waals surface area contributed by atoms with Crippen molar-refractivity contribution in [2.24, 2.45) is 0 Å². The summed E-state index contributed by atoms with van der Waals surface area (Å²) in [6, 6.07) is 10.2. The fourth-order valence-electron chi connectivity index (χ4n) is 2.45. The third kappa shape index (κ3) is 5.85. The lowest BCUT2D eigenvalue weighted by atomic mass is 10.2. The van der Waals surface area contributed by atoms with Gasteiger partial charge in [0.2, 0.25) is 11.0 Å². The maximum Gasteiger partial charge on any atom is 0.236 e. The van der Waals surface area contributed by atoms with Gasteiger partial charge in [0.05, 0.1) is 11.4 Å². The van der Waals surface area contributed by atoms with Crippen LogP contribution in [0.4, 0.5) is 14.7 Å². The molecular weight excluding hydrogens is 462 g/mol. The highest BCUT2D eigenvalue weighted by atomic mass is 32.2. The quantitative estimate of drug-likeness (QED) is 0.321. The number of amides is 1. The number of carbonyl (C=O) groups excluding carboxylic acids is 1. The molecule has 1 aromatic carbocycles. The Kier molecular flexibility index (Phi) is 7.05. The molecule has 0 saturated carbocycles. The van der Waals surface area contributed by atoms with E-state index in [4.69, 9.17) is 0 Å². The summed E-state index contributed by atoms with van der Waals surface area (Å²) in [5.74, 6) is -0.241. The highest BCUT2D eigenvalue weighted by Gasteiger charge is 2.11. The van der Waals surface area contributed by atoms with Gasteiger partial charge in [0, 0.05) is 22.4 Å². The minimum Gasteiger partial charge on any atom is -0.360 e. The summed E-state index contributed by atoms with van der Waals surface area (Å²) in [5, 5.41) is 19.4. The monoisotopic (exact) mass is 477 g/mol. The van der Waals surface area contributed by atoms with Gasteiger partial charge in [0.25, 0.3) is 0 Å². The standard InChI is InChI=1S/C19H16FN5OS4/c20-13-5-3-12(4-6-13)15-10-28-18(22-15)23-16(26)11-29-19-25-24-17(30-19)21-8-7-14-2-1-9-27-14/h1-6,9-10H,7-8,11H2,(H,21,24)(H,22,23,26). The molecular formula is C19H16FN5OS4. The largest absolute Gasteiger partial charge is 0.360 e.